The standard InChI is InChI=1S/C12H15N3S2/c1-2-8-3-4-11-9(7-8)10(5-6-17-11)14-15-12(13)16/h3-4,7H,2,5-6H2,1H3,(H3,13,15,16)/b14-10+. The first-order valence-corrected chi connectivity index (χ1v) is 6.98. The van der Waals surface area contributed by atoms with E-state index in [9.17, 15) is 0 Å². The van der Waals surface area contributed by atoms with Crippen LogP contribution < -0.4 is 11.2 Å². The van der Waals surface area contributed by atoms with Crippen LogP contribution in [0.3, 0.4) is 0 Å². The molecule has 17 heavy (non-hydrogen) atoms. The van der Waals surface area contributed by atoms with Gasteiger partial charge in [-0.3, -0.25) is 5.43 Å². The number of thioether (sulfide) groups is 1. The molecule has 3 nitrogen and oxygen atoms in total. The average molecular weight is 265 g/mol. The number of nitrogens with zero attached hydrogens (tertiary/aromatic N) is 1. The summed E-state index contributed by atoms with van der Waals surface area (Å²) in [6.07, 6.45) is 1.98. The van der Waals surface area contributed by atoms with Crippen molar-refractivity contribution in [2.75, 3.05) is 5.75 Å². The zero-order chi connectivity index (χ0) is 12.3. The number of aryl methyl sites for hydroxylation is 1. The third-order valence-electron chi connectivity index (χ3n) is 2.66. The number of nitrogens with one attached hydrogen (secondary N) is 1. The van der Waals surface area contributed by atoms with E-state index in [1.165, 1.54) is 16.0 Å². The van der Waals surface area contributed by atoms with E-state index in [1.54, 1.807) is 0 Å². The lowest BCUT2D eigenvalue weighted by molar-refractivity contribution is 1.01. The lowest BCUT2D eigenvalue weighted by Gasteiger charge is -2.18. The Labute approximate surface area is 111 Å². The molecular formula is C12H15N3S2. The van der Waals surface area contributed by atoms with Gasteiger partial charge in [-0.15, -0.1) is 11.8 Å². The molecule has 0 amide bonds. The minimum absolute atomic E-state index is 0.212. The maximum atomic E-state index is 5.39. The molecule has 0 aliphatic carbocycles. The lowest BCUT2D eigenvalue weighted by Crippen LogP contribution is -2.26. The second-order valence-corrected chi connectivity index (χ2v) is 5.39. The Morgan fingerprint density at radius 3 is 3.12 bits per heavy atom. The second-order valence-electron chi connectivity index (χ2n) is 3.82. The van der Waals surface area contributed by atoms with Gasteiger partial charge in [0.05, 0.1) is 5.71 Å². The van der Waals surface area contributed by atoms with E-state index in [-0.39, 0.29) is 5.11 Å². The molecule has 0 bridgehead atoms. The minimum Gasteiger partial charge on any atom is -0.375 e. The second kappa shape index (κ2) is 5.51. The maximum absolute atomic E-state index is 5.39. The third kappa shape index (κ3) is 2.98. The zero-order valence-electron chi connectivity index (χ0n) is 9.69. The van der Waals surface area contributed by atoms with Crippen LogP contribution in [0.4, 0.5) is 0 Å². The molecule has 0 spiro atoms. The van der Waals surface area contributed by atoms with Crippen molar-refractivity contribution in [3.63, 3.8) is 0 Å². The number of hydrogen-bond donors (Lipinski definition) is 2. The van der Waals surface area contributed by atoms with Gasteiger partial charge < -0.3 is 5.73 Å². The highest BCUT2D eigenvalue weighted by Gasteiger charge is 2.16. The summed E-state index contributed by atoms with van der Waals surface area (Å²) in [5.41, 5.74) is 11.7. The summed E-state index contributed by atoms with van der Waals surface area (Å²) >= 11 is 6.64. The summed E-state index contributed by atoms with van der Waals surface area (Å²) < 4.78 is 0. The Hall–Kier alpha value is -1.07. The molecule has 0 saturated carbocycles. The van der Waals surface area contributed by atoms with Crippen molar-refractivity contribution >= 4 is 34.8 Å². The van der Waals surface area contributed by atoms with Gasteiger partial charge in [0.15, 0.2) is 5.11 Å². The Morgan fingerprint density at radius 1 is 1.59 bits per heavy atom. The van der Waals surface area contributed by atoms with Crippen LogP contribution in [0.25, 0.3) is 0 Å². The van der Waals surface area contributed by atoms with E-state index in [2.05, 4.69) is 35.7 Å². The highest BCUT2D eigenvalue weighted by Crippen LogP contribution is 2.31. The number of rotatable bonds is 2. The van der Waals surface area contributed by atoms with Crippen LogP contribution >= 0.6 is 24.0 Å². The molecule has 0 radical (unpaired) electrons. The molecule has 0 fully saturated rings. The van der Waals surface area contributed by atoms with Crippen LogP contribution in [0.5, 0.6) is 0 Å². The predicted molar refractivity (Wildman–Crippen MR) is 77.6 cm³/mol. The first kappa shape index (κ1) is 12.4. The molecule has 1 aromatic rings. The van der Waals surface area contributed by atoms with Crippen molar-refractivity contribution in [3.05, 3.63) is 29.3 Å². The highest BCUT2D eigenvalue weighted by atomic mass is 32.2. The summed E-state index contributed by atoms with van der Waals surface area (Å²) in [6.45, 7) is 2.15. The van der Waals surface area contributed by atoms with Crippen LogP contribution in [0.1, 0.15) is 24.5 Å². The molecule has 2 rings (SSSR count). The van der Waals surface area contributed by atoms with E-state index in [1.807, 2.05) is 11.8 Å². The monoisotopic (exact) mass is 265 g/mol. The van der Waals surface area contributed by atoms with Gasteiger partial charge in [0.1, 0.15) is 0 Å². The van der Waals surface area contributed by atoms with Gasteiger partial charge in [-0.05, 0) is 36.3 Å². The van der Waals surface area contributed by atoms with Gasteiger partial charge in [-0.1, -0.05) is 13.0 Å². The van der Waals surface area contributed by atoms with Crippen molar-refractivity contribution in [2.45, 2.75) is 24.7 Å². The van der Waals surface area contributed by atoms with Gasteiger partial charge in [0, 0.05) is 22.6 Å². The number of benzene rings is 1. The molecule has 3 N–H and O–H groups in total. The number of hydrazone groups is 1. The van der Waals surface area contributed by atoms with Gasteiger partial charge in [-0.2, -0.15) is 5.10 Å². The Bertz CT molecular complexity index is 469. The van der Waals surface area contributed by atoms with Crippen molar-refractivity contribution in [2.24, 2.45) is 10.8 Å². The van der Waals surface area contributed by atoms with Gasteiger partial charge in [0.25, 0.3) is 0 Å². The van der Waals surface area contributed by atoms with Gasteiger partial charge in [0.2, 0.25) is 0 Å². The van der Waals surface area contributed by atoms with E-state index in [4.69, 9.17) is 18.0 Å². The molecule has 1 heterocycles. The average Bonchev–Trinajstić information content (AvgIpc) is 2.35. The molecule has 1 aliphatic rings. The van der Waals surface area contributed by atoms with Crippen molar-refractivity contribution in [1.29, 1.82) is 0 Å². The molecule has 1 aromatic carbocycles. The first-order valence-electron chi connectivity index (χ1n) is 5.59. The Balaban J connectivity index is 2.35. The minimum atomic E-state index is 0.212. The quantitative estimate of drug-likeness (QED) is 0.636. The van der Waals surface area contributed by atoms with Crippen LogP contribution in [-0.2, 0) is 6.42 Å². The normalized spacial score (nSPS) is 16.6. The molecule has 5 heteroatoms. The summed E-state index contributed by atoms with van der Waals surface area (Å²) in [4.78, 5) is 1.29. The Morgan fingerprint density at radius 2 is 2.41 bits per heavy atom. The predicted octanol–water partition coefficient (Wildman–Crippen LogP) is 2.28. The van der Waals surface area contributed by atoms with Crippen molar-refractivity contribution < 1.29 is 0 Å². The number of nitrogens with two attached hydrogens (primary N) is 1. The summed E-state index contributed by atoms with van der Waals surface area (Å²) in [6, 6.07) is 6.56. The molecule has 0 saturated heterocycles. The van der Waals surface area contributed by atoms with E-state index < -0.39 is 0 Å². The Kier molecular flexibility index (Phi) is 4.02. The first-order chi connectivity index (χ1) is 8.20. The lowest BCUT2D eigenvalue weighted by atomic mass is 10.0. The number of thiocarbonyl (C=S) groups is 1. The highest BCUT2D eigenvalue weighted by molar-refractivity contribution is 7.99. The number of hydrogen-bond acceptors (Lipinski definition) is 3. The van der Waals surface area contributed by atoms with Gasteiger partial charge in [-0.25, -0.2) is 0 Å². The van der Waals surface area contributed by atoms with Crippen LogP contribution in [-0.4, -0.2) is 16.6 Å². The molecule has 1 aliphatic heterocycles. The largest absolute Gasteiger partial charge is 0.375 e. The van der Waals surface area contributed by atoms with Crippen molar-refractivity contribution in [3.8, 4) is 0 Å². The van der Waals surface area contributed by atoms with E-state index >= 15 is 0 Å². The fraction of sp³-hybridized carbons (Fsp3) is 0.333. The topological polar surface area (TPSA) is 50.4 Å². The fourth-order valence-corrected chi connectivity index (χ4v) is 2.84. The van der Waals surface area contributed by atoms with Crippen LogP contribution in [0.2, 0.25) is 0 Å². The fourth-order valence-electron chi connectivity index (χ4n) is 1.78. The van der Waals surface area contributed by atoms with E-state index in [0.717, 1.165) is 24.3 Å². The molecular weight excluding hydrogens is 250 g/mol. The molecule has 90 valence electrons. The summed E-state index contributed by atoms with van der Waals surface area (Å²) in [5.74, 6) is 1.05. The summed E-state index contributed by atoms with van der Waals surface area (Å²) in [7, 11) is 0. The smallest absolute Gasteiger partial charge is 0.184 e. The van der Waals surface area contributed by atoms with Crippen LogP contribution in [0.15, 0.2) is 28.2 Å². The van der Waals surface area contributed by atoms with Gasteiger partial charge >= 0.3 is 0 Å². The summed E-state index contributed by atoms with van der Waals surface area (Å²) in [5, 5.41) is 4.50. The third-order valence-corrected chi connectivity index (χ3v) is 3.83. The molecule has 0 aromatic heterocycles. The molecule has 0 unspecified atom stereocenters. The maximum Gasteiger partial charge on any atom is 0.184 e. The van der Waals surface area contributed by atoms with Crippen molar-refractivity contribution in [1.82, 2.24) is 5.43 Å². The SMILES string of the molecule is CCc1ccc2c(c1)/C(=N/NC(N)=S)CCS2. The zero-order valence-corrected chi connectivity index (χ0v) is 11.3. The molecule has 0 atom stereocenters. The van der Waals surface area contributed by atoms with Crippen LogP contribution in [0, 0.1) is 0 Å². The number of fused-ring (bicyclic) bond motifs is 1. The van der Waals surface area contributed by atoms with E-state index in [0.29, 0.717) is 0 Å².